The molecule has 1 saturated carbocycles. The largest absolute Gasteiger partial charge is 0.433 e. The third kappa shape index (κ3) is 3.85. The van der Waals surface area contributed by atoms with Gasteiger partial charge in [-0.3, -0.25) is 9.36 Å². The first-order valence-corrected chi connectivity index (χ1v) is 7.52. The molecule has 7 heteroatoms. The maximum Gasteiger partial charge on any atom is 0.387 e. The van der Waals surface area contributed by atoms with Crippen molar-refractivity contribution < 1.29 is 13.5 Å². The smallest absolute Gasteiger partial charge is 0.387 e. The standard InChI is InChI=1S/C16H17F2N3O2/c17-16(18)23-13-6-8-15(22)21(10-13)12-5-7-14(19-9-12)20-11-3-1-2-4-11/h5-11,16H,1-4H2,(H,19,20). The van der Waals surface area contributed by atoms with E-state index in [9.17, 15) is 13.6 Å². The molecule has 0 aliphatic heterocycles. The Hall–Kier alpha value is -2.44. The Balaban J connectivity index is 1.79. The van der Waals surface area contributed by atoms with Gasteiger partial charge >= 0.3 is 6.61 Å². The first kappa shape index (κ1) is 15.5. The van der Waals surface area contributed by atoms with Crippen molar-refractivity contribution in [2.24, 2.45) is 0 Å². The fourth-order valence-corrected chi connectivity index (χ4v) is 2.74. The van der Waals surface area contributed by atoms with Gasteiger partial charge in [-0.05, 0) is 31.0 Å². The normalized spacial score (nSPS) is 15.1. The van der Waals surface area contributed by atoms with Gasteiger partial charge in [0, 0.05) is 12.1 Å². The molecule has 0 radical (unpaired) electrons. The van der Waals surface area contributed by atoms with Crippen molar-refractivity contribution in [1.82, 2.24) is 9.55 Å². The van der Waals surface area contributed by atoms with Gasteiger partial charge in [-0.15, -0.1) is 0 Å². The van der Waals surface area contributed by atoms with E-state index in [0.717, 1.165) is 18.7 Å². The van der Waals surface area contributed by atoms with Gasteiger partial charge in [0.1, 0.15) is 11.6 Å². The van der Waals surface area contributed by atoms with Gasteiger partial charge in [0.2, 0.25) is 0 Å². The summed E-state index contributed by atoms with van der Waals surface area (Å²) >= 11 is 0. The topological polar surface area (TPSA) is 56.1 Å². The molecular weight excluding hydrogens is 304 g/mol. The lowest BCUT2D eigenvalue weighted by Crippen LogP contribution is -2.18. The number of anilines is 1. The lowest BCUT2D eigenvalue weighted by atomic mass is 10.2. The fourth-order valence-electron chi connectivity index (χ4n) is 2.74. The number of halogens is 2. The molecule has 0 saturated heterocycles. The van der Waals surface area contributed by atoms with Crippen LogP contribution in [0.5, 0.6) is 5.75 Å². The van der Waals surface area contributed by atoms with Crippen LogP contribution in [0.15, 0.2) is 41.5 Å². The molecule has 0 aromatic carbocycles. The summed E-state index contributed by atoms with van der Waals surface area (Å²) in [7, 11) is 0. The molecule has 1 fully saturated rings. The van der Waals surface area contributed by atoms with E-state index >= 15 is 0 Å². The molecule has 5 nitrogen and oxygen atoms in total. The Morgan fingerprint density at radius 1 is 1.22 bits per heavy atom. The zero-order valence-corrected chi connectivity index (χ0v) is 12.4. The summed E-state index contributed by atoms with van der Waals surface area (Å²) in [5.74, 6) is 0.668. The zero-order valence-electron chi connectivity index (χ0n) is 12.4. The Labute approximate surface area is 131 Å². The molecule has 1 N–H and O–H groups in total. The molecule has 23 heavy (non-hydrogen) atoms. The van der Waals surface area contributed by atoms with Crippen LogP contribution in [0, 0.1) is 0 Å². The van der Waals surface area contributed by atoms with Crippen LogP contribution in [0.1, 0.15) is 25.7 Å². The molecule has 2 heterocycles. The van der Waals surface area contributed by atoms with E-state index in [-0.39, 0.29) is 11.3 Å². The number of nitrogens with zero attached hydrogens (tertiary/aromatic N) is 2. The number of hydrogen-bond acceptors (Lipinski definition) is 4. The summed E-state index contributed by atoms with van der Waals surface area (Å²) in [6.07, 6.45) is 7.48. The summed E-state index contributed by atoms with van der Waals surface area (Å²) in [5, 5.41) is 3.35. The quantitative estimate of drug-likeness (QED) is 0.919. The molecule has 122 valence electrons. The molecule has 1 aliphatic carbocycles. The van der Waals surface area contributed by atoms with E-state index in [4.69, 9.17) is 0 Å². The highest BCUT2D eigenvalue weighted by atomic mass is 19.3. The van der Waals surface area contributed by atoms with Crippen molar-refractivity contribution in [3.63, 3.8) is 0 Å². The minimum Gasteiger partial charge on any atom is -0.433 e. The molecule has 0 spiro atoms. The van der Waals surface area contributed by atoms with Crippen LogP contribution in [-0.2, 0) is 0 Å². The number of nitrogens with one attached hydrogen (secondary N) is 1. The average Bonchev–Trinajstić information content (AvgIpc) is 3.03. The molecule has 2 aromatic rings. The van der Waals surface area contributed by atoms with Gasteiger partial charge in [0.05, 0.1) is 18.1 Å². The van der Waals surface area contributed by atoms with Crippen molar-refractivity contribution >= 4 is 5.82 Å². The van der Waals surface area contributed by atoms with Gasteiger partial charge in [-0.1, -0.05) is 12.8 Å². The van der Waals surface area contributed by atoms with Crippen molar-refractivity contribution in [2.75, 3.05) is 5.32 Å². The number of rotatable bonds is 5. The minimum atomic E-state index is -2.93. The molecule has 1 aliphatic rings. The van der Waals surface area contributed by atoms with E-state index in [1.54, 1.807) is 12.1 Å². The second-order valence-electron chi connectivity index (χ2n) is 5.48. The molecule has 3 rings (SSSR count). The summed E-state index contributed by atoms with van der Waals surface area (Å²) in [4.78, 5) is 16.2. The van der Waals surface area contributed by atoms with Crippen molar-refractivity contribution in [3.8, 4) is 11.4 Å². The first-order valence-electron chi connectivity index (χ1n) is 7.52. The lowest BCUT2D eigenvalue weighted by molar-refractivity contribution is -0.0502. The SMILES string of the molecule is O=c1ccc(OC(F)F)cn1-c1ccc(NC2CCCC2)nc1. The van der Waals surface area contributed by atoms with E-state index < -0.39 is 6.61 Å². The summed E-state index contributed by atoms with van der Waals surface area (Å²) in [6.45, 7) is -2.93. The van der Waals surface area contributed by atoms with E-state index in [1.807, 2.05) is 0 Å². The number of aromatic nitrogens is 2. The van der Waals surface area contributed by atoms with Crippen molar-refractivity contribution in [3.05, 3.63) is 47.0 Å². The predicted molar refractivity (Wildman–Crippen MR) is 82.3 cm³/mol. The fraction of sp³-hybridized carbons (Fsp3) is 0.375. The Kier molecular flexibility index (Phi) is 4.55. The number of ether oxygens (including phenoxy) is 1. The van der Waals surface area contributed by atoms with Crippen LogP contribution >= 0.6 is 0 Å². The highest BCUT2D eigenvalue weighted by Gasteiger charge is 2.15. The predicted octanol–water partition coefficient (Wildman–Crippen LogP) is 3.19. The van der Waals surface area contributed by atoms with Crippen LogP contribution in [-0.4, -0.2) is 22.2 Å². The number of hydrogen-bond donors (Lipinski definition) is 1. The second-order valence-corrected chi connectivity index (χ2v) is 5.48. The maximum atomic E-state index is 12.3. The van der Waals surface area contributed by atoms with Gasteiger partial charge in [0.25, 0.3) is 5.56 Å². The highest BCUT2D eigenvalue weighted by Crippen LogP contribution is 2.21. The Morgan fingerprint density at radius 3 is 2.65 bits per heavy atom. The number of pyridine rings is 2. The molecule has 0 atom stereocenters. The molecule has 0 unspecified atom stereocenters. The Bertz CT molecular complexity index is 710. The maximum absolute atomic E-state index is 12.3. The van der Waals surface area contributed by atoms with E-state index in [0.29, 0.717) is 11.7 Å². The van der Waals surface area contributed by atoms with E-state index in [1.165, 1.54) is 41.9 Å². The first-order chi connectivity index (χ1) is 11.1. The lowest BCUT2D eigenvalue weighted by Gasteiger charge is -2.13. The number of alkyl halides is 2. The average molecular weight is 321 g/mol. The molecule has 0 amide bonds. The van der Waals surface area contributed by atoms with Gasteiger partial charge < -0.3 is 10.1 Å². The van der Waals surface area contributed by atoms with Crippen molar-refractivity contribution in [2.45, 2.75) is 38.3 Å². The second kappa shape index (κ2) is 6.76. The van der Waals surface area contributed by atoms with Crippen LogP contribution < -0.4 is 15.6 Å². The van der Waals surface area contributed by atoms with Crippen LogP contribution in [0.2, 0.25) is 0 Å². The van der Waals surface area contributed by atoms with Crippen LogP contribution in [0.3, 0.4) is 0 Å². The van der Waals surface area contributed by atoms with Crippen LogP contribution in [0.25, 0.3) is 5.69 Å². The summed E-state index contributed by atoms with van der Waals surface area (Å²) < 4.78 is 30.1. The Morgan fingerprint density at radius 2 is 2.00 bits per heavy atom. The van der Waals surface area contributed by atoms with Gasteiger partial charge in [0.15, 0.2) is 0 Å². The third-order valence-electron chi connectivity index (χ3n) is 3.84. The molecular formula is C16H17F2N3O2. The van der Waals surface area contributed by atoms with Gasteiger partial charge in [-0.25, -0.2) is 4.98 Å². The van der Waals surface area contributed by atoms with Gasteiger partial charge in [-0.2, -0.15) is 8.78 Å². The minimum absolute atomic E-state index is 0.0762. The summed E-state index contributed by atoms with van der Waals surface area (Å²) in [6, 6.07) is 6.34. The third-order valence-corrected chi connectivity index (χ3v) is 3.84. The molecule has 2 aromatic heterocycles. The van der Waals surface area contributed by atoms with Crippen LogP contribution in [0.4, 0.5) is 14.6 Å². The monoisotopic (exact) mass is 321 g/mol. The van der Waals surface area contributed by atoms with Crippen molar-refractivity contribution in [1.29, 1.82) is 0 Å². The highest BCUT2D eigenvalue weighted by molar-refractivity contribution is 5.42. The molecule has 0 bridgehead atoms. The summed E-state index contributed by atoms with van der Waals surface area (Å²) in [5.41, 5.74) is 0.150. The van der Waals surface area contributed by atoms with E-state index in [2.05, 4.69) is 15.0 Å². The zero-order chi connectivity index (χ0) is 16.2.